The molecule has 0 atom stereocenters. The van der Waals surface area contributed by atoms with Gasteiger partial charge in [-0.05, 0) is 35.5 Å². The first kappa shape index (κ1) is 20.0. The molecule has 0 fully saturated rings. The van der Waals surface area contributed by atoms with Crippen molar-refractivity contribution in [3.8, 4) is 0 Å². The van der Waals surface area contributed by atoms with Crippen LogP contribution in [0.5, 0.6) is 0 Å². The fraction of sp³-hybridized carbons (Fsp3) is 1.00. The van der Waals surface area contributed by atoms with Crippen molar-refractivity contribution in [1.82, 2.24) is 0 Å². The van der Waals surface area contributed by atoms with Crippen LogP contribution < -0.4 is 0 Å². The van der Waals surface area contributed by atoms with E-state index in [4.69, 9.17) is 9.05 Å². The Morgan fingerprint density at radius 1 is 0.800 bits per heavy atom. The molecule has 0 N–H and O–H groups in total. The SMILES string of the molecule is CC(C)CC(C)(C)CO[P+](=O)OCC(C)(C)CC(C)C. The van der Waals surface area contributed by atoms with E-state index in [2.05, 4.69) is 55.4 Å². The van der Waals surface area contributed by atoms with Gasteiger partial charge in [-0.3, -0.25) is 0 Å². The number of hydrogen-bond donors (Lipinski definition) is 0. The Morgan fingerprint density at radius 3 is 1.35 bits per heavy atom. The standard InChI is InChI=1S/C16H34O3P/c1-13(2)9-15(5,6)11-18-20(17)19-12-16(7,8)10-14(3)4/h13-14H,9-12H2,1-8H3/q+1. The van der Waals surface area contributed by atoms with Gasteiger partial charge in [0.15, 0.2) is 0 Å². The third-order valence-electron chi connectivity index (χ3n) is 3.04. The number of hydrogen-bond acceptors (Lipinski definition) is 3. The topological polar surface area (TPSA) is 35.5 Å². The minimum Gasteiger partial charge on any atom is -0.119 e. The van der Waals surface area contributed by atoms with Gasteiger partial charge in [0.25, 0.3) is 0 Å². The summed E-state index contributed by atoms with van der Waals surface area (Å²) in [6, 6.07) is 0. The zero-order valence-corrected chi connectivity index (χ0v) is 15.5. The normalized spacial score (nSPS) is 13.3. The maximum absolute atomic E-state index is 11.8. The van der Waals surface area contributed by atoms with Crippen LogP contribution in [0.2, 0.25) is 0 Å². The molecule has 0 heterocycles. The fourth-order valence-electron chi connectivity index (χ4n) is 2.82. The minimum absolute atomic E-state index is 0.0377. The van der Waals surface area contributed by atoms with Crippen LogP contribution in [0, 0.1) is 22.7 Å². The molecule has 0 aromatic heterocycles. The van der Waals surface area contributed by atoms with E-state index >= 15 is 0 Å². The second kappa shape index (κ2) is 8.46. The lowest BCUT2D eigenvalue weighted by Crippen LogP contribution is -2.22. The van der Waals surface area contributed by atoms with E-state index in [0.717, 1.165) is 12.8 Å². The molecule has 0 bridgehead atoms. The molecule has 4 heteroatoms. The Morgan fingerprint density at radius 2 is 1.10 bits per heavy atom. The van der Waals surface area contributed by atoms with Crippen molar-refractivity contribution in [3.05, 3.63) is 0 Å². The Balaban J connectivity index is 4.06. The van der Waals surface area contributed by atoms with Crippen LogP contribution in [0.4, 0.5) is 0 Å². The van der Waals surface area contributed by atoms with E-state index in [0.29, 0.717) is 25.0 Å². The highest BCUT2D eigenvalue weighted by molar-refractivity contribution is 7.33. The summed E-state index contributed by atoms with van der Waals surface area (Å²) in [4.78, 5) is 0. The van der Waals surface area contributed by atoms with E-state index in [9.17, 15) is 4.57 Å². The zero-order valence-electron chi connectivity index (χ0n) is 14.7. The summed E-state index contributed by atoms with van der Waals surface area (Å²) in [7, 11) is -2.01. The van der Waals surface area contributed by atoms with Crippen molar-refractivity contribution >= 4 is 8.25 Å². The highest BCUT2D eigenvalue weighted by Crippen LogP contribution is 2.35. The van der Waals surface area contributed by atoms with Crippen molar-refractivity contribution in [2.24, 2.45) is 22.7 Å². The van der Waals surface area contributed by atoms with E-state index in [1.807, 2.05) is 0 Å². The molecule has 0 aliphatic carbocycles. The van der Waals surface area contributed by atoms with Gasteiger partial charge in [-0.15, -0.1) is 9.05 Å². The maximum Gasteiger partial charge on any atom is 0.697 e. The predicted molar refractivity (Wildman–Crippen MR) is 86.0 cm³/mol. The Kier molecular flexibility index (Phi) is 8.47. The smallest absolute Gasteiger partial charge is 0.119 e. The van der Waals surface area contributed by atoms with E-state index in [-0.39, 0.29) is 10.8 Å². The predicted octanol–water partition coefficient (Wildman–Crippen LogP) is 5.82. The molecule has 0 saturated heterocycles. The van der Waals surface area contributed by atoms with Gasteiger partial charge >= 0.3 is 8.25 Å². The van der Waals surface area contributed by atoms with Crippen LogP contribution in [-0.4, -0.2) is 13.2 Å². The molecule has 0 aliphatic rings. The quantitative estimate of drug-likeness (QED) is 0.477. The van der Waals surface area contributed by atoms with Gasteiger partial charge in [-0.2, -0.15) is 0 Å². The van der Waals surface area contributed by atoms with Crippen molar-refractivity contribution in [1.29, 1.82) is 0 Å². The Bertz CT molecular complexity index is 268. The largest absolute Gasteiger partial charge is 0.697 e. The van der Waals surface area contributed by atoms with Crippen molar-refractivity contribution < 1.29 is 13.6 Å². The van der Waals surface area contributed by atoms with Gasteiger partial charge in [-0.1, -0.05) is 55.4 Å². The molecule has 0 aromatic carbocycles. The molecule has 20 heavy (non-hydrogen) atoms. The molecular weight excluding hydrogens is 271 g/mol. The lowest BCUT2D eigenvalue weighted by atomic mass is 9.85. The summed E-state index contributed by atoms with van der Waals surface area (Å²) >= 11 is 0. The lowest BCUT2D eigenvalue weighted by Gasteiger charge is -2.24. The van der Waals surface area contributed by atoms with Gasteiger partial charge in [0.2, 0.25) is 0 Å². The third kappa shape index (κ3) is 10.8. The third-order valence-corrected chi connectivity index (χ3v) is 3.72. The van der Waals surface area contributed by atoms with Gasteiger partial charge in [0.05, 0.1) is 0 Å². The average molecular weight is 305 g/mol. The molecule has 0 aromatic rings. The molecule has 0 saturated carbocycles. The molecule has 0 unspecified atom stereocenters. The second-order valence-corrected chi connectivity index (χ2v) is 9.26. The summed E-state index contributed by atoms with van der Waals surface area (Å²) in [5.41, 5.74) is 0.0753. The number of rotatable bonds is 10. The zero-order chi connectivity index (χ0) is 16.0. The van der Waals surface area contributed by atoms with Crippen LogP contribution in [0.1, 0.15) is 68.2 Å². The van der Waals surface area contributed by atoms with E-state index < -0.39 is 8.25 Å². The molecule has 0 rings (SSSR count). The van der Waals surface area contributed by atoms with Crippen LogP contribution >= 0.6 is 8.25 Å². The monoisotopic (exact) mass is 305 g/mol. The molecular formula is C16H34O3P+. The fourth-order valence-corrected chi connectivity index (χ4v) is 3.80. The van der Waals surface area contributed by atoms with E-state index in [1.54, 1.807) is 0 Å². The first-order chi connectivity index (χ1) is 8.93. The van der Waals surface area contributed by atoms with Crippen LogP contribution in [0.15, 0.2) is 0 Å². The first-order valence-electron chi connectivity index (χ1n) is 7.67. The summed E-state index contributed by atoms with van der Waals surface area (Å²) in [5, 5.41) is 0. The molecule has 3 nitrogen and oxygen atoms in total. The second-order valence-electron chi connectivity index (χ2n) is 8.29. The maximum atomic E-state index is 11.8. The van der Waals surface area contributed by atoms with Gasteiger partial charge in [0.1, 0.15) is 13.2 Å². The summed E-state index contributed by atoms with van der Waals surface area (Å²) in [5.74, 6) is 1.22. The van der Waals surface area contributed by atoms with Crippen molar-refractivity contribution in [2.45, 2.75) is 68.2 Å². The van der Waals surface area contributed by atoms with E-state index in [1.165, 1.54) is 0 Å². The van der Waals surface area contributed by atoms with Gasteiger partial charge < -0.3 is 0 Å². The summed E-state index contributed by atoms with van der Waals surface area (Å²) in [6.45, 7) is 18.3. The summed E-state index contributed by atoms with van der Waals surface area (Å²) < 4.78 is 22.6. The molecule has 120 valence electrons. The molecule has 0 spiro atoms. The van der Waals surface area contributed by atoms with Gasteiger partial charge in [-0.25, -0.2) is 0 Å². The highest BCUT2D eigenvalue weighted by Gasteiger charge is 2.31. The average Bonchev–Trinajstić information content (AvgIpc) is 2.20. The lowest BCUT2D eigenvalue weighted by molar-refractivity contribution is 0.106. The Labute approximate surface area is 126 Å². The first-order valence-corrected chi connectivity index (χ1v) is 8.76. The minimum atomic E-state index is -2.01. The van der Waals surface area contributed by atoms with Crippen LogP contribution in [-0.2, 0) is 13.6 Å². The van der Waals surface area contributed by atoms with Crippen molar-refractivity contribution in [3.63, 3.8) is 0 Å². The summed E-state index contributed by atoms with van der Waals surface area (Å²) in [6.07, 6.45) is 2.10. The Hall–Kier alpha value is 0.0200. The van der Waals surface area contributed by atoms with Gasteiger partial charge in [0, 0.05) is 4.57 Å². The van der Waals surface area contributed by atoms with Crippen LogP contribution in [0.25, 0.3) is 0 Å². The van der Waals surface area contributed by atoms with Crippen LogP contribution in [0.3, 0.4) is 0 Å². The highest BCUT2D eigenvalue weighted by atomic mass is 31.1. The molecule has 0 aliphatic heterocycles. The van der Waals surface area contributed by atoms with Crippen molar-refractivity contribution in [2.75, 3.05) is 13.2 Å². The molecule has 0 radical (unpaired) electrons. The molecule has 0 amide bonds.